The maximum Gasteiger partial charge on any atom is 0.243 e. The second kappa shape index (κ2) is 5.16. The maximum absolute atomic E-state index is 5.45. The molecule has 2 rings (SSSR count). The highest BCUT2D eigenvalue weighted by Gasteiger charge is 2.17. The highest BCUT2D eigenvalue weighted by molar-refractivity contribution is 5.29. The normalized spacial score (nSPS) is 18.8. The lowest BCUT2D eigenvalue weighted by atomic mass is 9.97. The van der Waals surface area contributed by atoms with Gasteiger partial charge in [0.1, 0.15) is 0 Å². The Hall–Kier alpha value is -1.30. The van der Waals surface area contributed by atoms with E-state index in [0.717, 1.165) is 19.0 Å². The SMILES string of the molecule is CCN1CCC(CNc2n[nH]c(N)n2)CC1. The standard InChI is InChI=1S/C10H20N6/c1-2-16-5-3-8(4-6-16)7-12-10-13-9(11)14-15-10/h8H,2-7H2,1H3,(H4,11,12,13,14,15). The second-order valence-electron chi connectivity index (χ2n) is 4.30. The minimum Gasteiger partial charge on any atom is -0.368 e. The second-order valence-corrected chi connectivity index (χ2v) is 4.30. The van der Waals surface area contributed by atoms with E-state index in [-0.39, 0.29) is 0 Å². The number of H-pyrrole nitrogens is 1. The Balaban J connectivity index is 1.71. The first-order valence-electron chi connectivity index (χ1n) is 5.92. The van der Waals surface area contributed by atoms with Gasteiger partial charge in [-0.2, -0.15) is 4.98 Å². The number of piperidine rings is 1. The number of hydrogen-bond acceptors (Lipinski definition) is 5. The van der Waals surface area contributed by atoms with Crippen LogP contribution in [0.1, 0.15) is 19.8 Å². The zero-order valence-electron chi connectivity index (χ0n) is 9.74. The molecule has 1 saturated heterocycles. The van der Waals surface area contributed by atoms with Gasteiger partial charge in [-0.3, -0.25) is 0 Å². The third-order valence-electron chi connectivity index (χ3n) is 3.21. The van der Waals surface area contributed by atoms with Gasteiger partial charge >= 0.3 is 0 Å². The van der Waals surface area contributed by atoms with E-state index in [2.05, 4.69) is 32.3 Å². The van der Waals surface area contributed by atoms with Crippen molar-refractivity contribution >= 4 is 11.9 Å². The largest absolute Gasteiger partial charge is 0.368 e. The Kier molecular flexibility index (Phi) is 3.61. The summed E-state index contributed by atoms with van der Waals surface area (Å²) in [7, 11) is 0. The molecule has 0 aliphatic carbocycles. The van der Waals surface area contributed by atoms with E-state index in [4.69, 9.17) is 5.73 Å². The third kappa shape index (κ3) is 2.85. The Labute approximate surface area is 95.6 Å². The summed E-state index contributed by atoms with van der Waals surface area (Å²) in [4.78, 5) is 6.50. The predicted molar refractivity (Wildman–Crippen MR) is 64.1 cm³/mol. The van der Waals surface area contributed by atoms with Gasteiger partial charge in [0.25, 0.3) is 0 Å². The van der Waals surface area contributed by atoms with E-state index in [1.54, 1.807) is 0 Å². The molecule has 1 aromatic rings. The first kappa shape index (κ1) is 11.2. The van der Waals surface area contributed by atoms with Crippen LogP contribution in [0.5, 0.6) is 0 Å². The van der Waals surface area contributed by atoms with Crippen LogP contribution in [0, 0.1) is 5.92 Å². The average Bonchev–Trinajstić information content (AvgIpc) is 2.73. The number of nitrogens with two attached hydrogens (primary N) is 1. The molecule has 0 amide bonds. The molecule has 0 saturated carbocycles. The highest BCUT2D eigenvalue weighted by atomic mass is 15.3. The lowest BCUT2D eigenvalue weighted by Crippen LogP contribution is -2.35. The molecule has 4 N–H and O–H groups in total. The number of anilines is 2. The van der Waals surface area contributed by atoms with E-state index in [0.29, 0.717) is 11.9 Å². The number of hydrogen-bond donors (Lipinski definition) is 3. The lowest BCUT2D eigenvalue weighted by molar-refractivity contribution is 0.198. The Morgan fingerprint density at radius 1 is 1.50 bits per heavy atom. The van der Waals surface area contributed by atoms with E-state index in [9.17, 15) is 0 Å². The molecular formula is C10H20N6. The molecule has 1 aliphatic rings. The van der Waals surface area contributed by atoms with Gasteiger partial charge in [-0.1, -0.05) is 6.92 Å². The van der Waals surface area contributed by atoms with Crippen molar-refractivity contribution in [2.24, 2.45) is 5.92 Å². The molecule has 0 aromatic carbocycles. The first-order chi connectivity index (χ1) is 7.78. The van der Waals surface area contributed by atoms with Gasteiger partial charge in [-0.25, -0.2) is 5.10 Å². The number of nitrogens with one attached hydrogen (secondary N) is 2. The molecule has 0 unspecified atom stereocenters. The van der Waals surface area contributed by atoms with Crippen molar-refractivity contribution in [1.29, 1.82) is 0 Å². The summed E-state index contributed by atoms with van der Waals surface area (Å²) in [6.45, 7) is 6.74. The van der Waals surface area contributed by atoms with Crippen molar-refractivity contribution in [3.05, 3.63) is 0 Å². The number of aromatic amines is 1. The Bertz CT molecular complexity index is 315. The molecular weight excluding hydrogens is 204 g/mol. The molecule has 0 atom stereocenters. The summed E-state index contributed by atoms with van der Waals surface area (Å²) < 4.78 is 0. The van der Waals surface area contributed by atoms with Crippen LogP contribution in [0.4, 0.5) is 11.9 Å². The summed E-state index contributed by atoms with van der Waals surface area (Å²) in [5, 5.41) is 9.78. The smallest absolute Gasteiger partial charge is 0.243 e. The molecule has 1 fully saturated rings. The number of aromatic nitrogens is 3. The van der Waals surface area contributed by atoms with E-state index in [1.807, 2.05) is 0 Å². The summed E-state index contributed by atoms with van der Waals surface area (Å²) in [6.07, 6.45) is 2.50. The van der Waals surface area contributed by atoms with E-state index >= 15 is 0 Å². The summed E-state index contributed by atoms with van der Waals surface area (Å²) in [5.41, 5.74) is 5.45. The minimum atomic E-state index is 0.364. The molecule has 0 bridgehead atoms. The minimum absolute atomic E-state index is 0.364. The van der Waals surface area contributed by atoms with Crippen LogP contribution in [0.3, 0.4) is 0 Å². The molecule has 0 spiro atoms. The maximum atomic E-state index is 5.45. The summed E-state index contributed by atoms with van der Waals surface area (Å²) >= 11 is 0. The Morgan fingerprint density at radius 3 is 2.81 bits per heavy atom. The fraction of sp³-hybridized carbons (Fsp3) is 0.800. The van der Waals surface area contributed by atoms with Crippen LogP contribution in [-0.4, -0.2) is 46.3 Å². The van der Waals surface area contributed by atoms with Crippen molar-refractivity contribution in [3.63, 3.8) is 0 Å². The van der Waals surface area contributed by atoms with Crippen LogP contribution in [0.15, 0.2) is 0 Å². The topological polar surface area (TPSA) is 82.9 Å². The fourth-order valence-electron chi connectivity index (χ4n) is 2.10. The van der Waals surface area contributed by atoms with Gasteiger partial charge in [0, 0.05) is 6.54 Å². The van der Waals surface area contributed by atoms with Gasteiger partial charge in [-0.05, 0) is 38.4 Å². The molecule has 1 aliphatic heterocycles. The quantitative estimate of drug-likeness (QED) is 0.695. The van der Waals surface area contributed by atoms with Crippen molar-refractivity contribution in [2.75, 3.05) is 37.2 Å². The molecule has 6 heteroatoms. The molecule has 1 aromatic heterocycles. The number of likely N-dealkylation sites (tertiary alicyclic amines) is 1. The van der Waals surface area contributed by atoms with Gasteiger partial charge < -0.3 is 16.0 Å². The predicted octanol–water partition coefficient (Wildman–Crippen LogP) is 0.531. The van der Waals surface area contributed by atoms with Crippen molar-refractivity contribution < 1.29 is 0 Å². The fourth-order valence-corrected chi connectivity index (χ4v) is 2.10. The number of nitrogens with zero attached hydrogens (tertiary/aromatic N) is 3. The Morgan fingerprint density at radius 2 is 2.25 bits per heavy atom. The first-order valence-corrected chi connectivity index (χ1v) is 5.92. The lowest BCUT2D eigenvalue weighted by Gasteiger charge is -2.30. The number of nitrogen functional groups attached to an aromatic ring is 1. The van der Waals surface area contributed by atoms with E-state index in [1.165, 1.54) is 25.9 Å². The molecule has 90 valence electrons. The average molecular weight is 224 g/mol. The third-order valence-corrected chi connectivity index (χ3v) is 3.21. The van der Waals surface area contributed by atoms with Gasteiger partial charge in [0.05, 0.1) is 0 Å². The van der Waals surface area contributed by atoms with Gasteiger partial charge in [0.2, 0.25) is 11.9 Å². The van der Waals surface area contributed by atoms with Crippen molar-refractivity contribution in [3.8, 4) is 0 Å². The van der Waals surface area contributed by atoms with Crippen LogP contribution < -0.4 is 11.1 Å². The van der Waals surface area contributed by atoms with Crippen LogP contribution in [0.2, 0.25) is 0 Å². The molecule has 16 heavy (non-hydrogen) atoms. The molecule has 2 heterocycles. The van der Waals surface area contributed by atoms with Gasteiger partial charge in [0.15, 0.2) is 0 Å². The van der Waals surface area contributed by atoms with Crippen LogP contribution >= 0.6 is 0 Å². The zero-order valence-corrected chi connectivity index (χ0v) is 9.74. The van der Waals surface area contributed by atoms with Gasteiger partial charge in [-0.15, -0.1) is 5.10 Å². The van der Waals surface area contributed by atoms with Crippen LogP contribution in [-0.2, 0) is 0 Å². The van der Waals surface area contributed by atoms with Crippen molar-refractivity contribution in [2.45, 2.75) is 19.8 Å². The monoisotopic (exact) mass is 224 g/mol. The van der Waals surface area contributed by atoms with Crippen molar-refractivity contribution in [1.82, 2.24) is 20.1 Å². The summed E-state index contributed by atoms with van der Waals surface area (Å²) in [5.74, 6) is 1.70. The zero-order chi connectivity index (χ0) is 11.4. The van der Waals surface area contributed by atoms with E-state index < -0.39 is 0 Å². The molecule has 6 nitrogen and oxygen atoms in total. The summed E-state index contributed by atoms with van der Waals surface area (Å²) in [6, 6.07) is 0. The number of rotatable bonds is 4. The highest BCUT2D eigenvalue weighted by Crippen LogP contribution is 2.17. The molecule has 0 radical (unpaired) electrons. The van der Waals surface area contributed by atoms with Crippen LogP contribution in [0.25, 0.3) is 0 Å².